The Balaban J connectivity index is 2.00. The van der Waals surface area contributed by atoms with Gasteiger partial charge in [0.15, 0.2) is 0 Å². The van der Waals surface area contributed by atoms with Crippen LogP contribution in [-0.2, 0) is 6.54 Å². The first kappa shape index (κ1) is 13.3. The molecule has 2 heterocycles. The number of anilines is 1. The second kappa shape index (κ2) is 6.16. The quantitative estimate of drug-likeness (QED) is 0.854. The van der Waals surface area contributed by atoms with E-state index in [0.29, 0.717) is 11.9 Å². The number of pyridine rings is 1. The summed E-state index contributed by atoms with van der Waals surface area (Å²) in [6.45, 7) is 3.79. The molecule has 0 aromatic carbocycles. The third-order valence-corrected chi connectivity index (χ3v) is 3.56. The molecule has 2 rings (SSSR count). The predicted octanol–water partition coefficient (Wildman–Crippen LogP) is 1.79. The first-order valence-corrected chi connectivity index (χ1v) is 6.78. The van der Waals surface area contributed by atoms with Gasteiger partial charge >= 0.3 is 0 Å². The maximum Gasteiger partial charge on any atom is 0.123 e. The number of aliphatic hydroxyl groups excluding tert-OH is 1. The minimum absolute atomic E-state index is 0.232. The van der Waals surface area contributed by atoms with E-state index in [1.165, 1.54) is 19.3 Å². The van der Waals surface area contributed by atoms with Crippen LogP contribution in [0.1, 0.15) is 38.3 Å². The Hall–Kier alpha value is -1.13. The van der Waals surface area contributed by atoms with E-state index in [4.69, 9.17) is 5.73 Å². The third-order valence-electron chi connectivity index (χ3n) is 3.56. The first-order chi connectivity index (χ1) is 8.65. The number of piperidine rings is 1. The average molecular weight is 249 g/mol. The van der Waals surface area contributed by atoms with Gasteiger partial charge in [0.25, 0.3) is 0 Å². The highest BCUT2D eigenvalue weighted by Crippen LogP contribution is 2.22. The molecule has 4 heteroatoms. The standard InChI is InChI=1S/C14H23N3O/c1-11(18)9-13-6-2-3-8-17(13)10-12-5-4-7-14(15)16-12/h4-5,7,11,13,18H,2-3,6,8-10H2,1H3,(H2,15,16). The fourth-order valence-electron chi connectivity index (χ4n) is 2.72. The van der Waals surface area contributed by atoms with E-state index in [-0.39, 0.29) is 6.10 Å². The molecule has 1 aliphatic heterocycles. The maximum atomic E-state index is 9.57. The maximum absolute atomic E-state index is 9.57. The summed E-state index contributed by atoms with van der Waals surface area (Å²) in [6.07, 6.45) is 4.29. The van der Waals surface area contributed by atoms with Crippen LogP contribution in [0.3, 0.4) is 0 Å². The summed E-state index contributed by atoms with van der Waals surface area (Å²) in [4.78, 5) is 6.78. The van der Waals surface area contributed by atoms with Gasteiger partial charge in [-0.15, -0.1) is 0 Å². The van der Waals surface area contributed by atoms with Crippen LogP contribution in [0.25, 0.3) is 0 Å². The summed E-state index contributed by atoms with van der Waals surface area (Å²) in [5.41, 5.74) is 6.73. The van der Waals surface area contributed by atoms with Crippen molar-refractivity contribution in [2.75, 3.05) is 12.3 Å². The van der Waals surface area contributed by atoms with Crippen molar-refractivity contribution in [3.8, 4) is 0 Å². The van der Waals surface area contributed by atoms with Gasteiger partial charge in [0.2, 0.25) is 0 Å². The van der Waals surface area contributed by atoms with Gasteiger partial charge in [-0.2, -0.15) is 0 Å². The molecule has 0 amide bonds. The lowest BCUT2D eigenvalue weighted by Gasteiger charge is -2.36. The summed E-state index contributed by atoms with van der Waals surface area (Å²) in [5.74, 6) is 0.580. The molecule has 2 atom stereocenters. The molecule has 0 radical (unpaired) electrons. The van der Waals surface area contributed by atoms with E-state index in [9.17, 15) is 5.11 Å². The van der Waals surface area contributed by atoms with Crippen LogP contribution in [0.5, 0.6) is 0 Å². The van der Waals surface area contributed by atoms with Crippen molar-refractivity contribution in [2.45, 2.75) is 51.3 Å². The normalized spacial score (nSPS) is 22.9. The zero-order valence-electron chi connectivity index (χ0n) is 11.0. The first-order valence-electron chi connectivity index (χ1n) is 6.78. The van der Waals surface area contributed by atoms with Crippen molar-refractivity contribution in [3.63, 3.8) is 0 Å². The van der Waals surface area contributed by atoms with Crippen molar-refractivity contribution in [1.82, 2.24) is 9.88 Å². The van der Waals surface area contributed by atoms with Gasteiger partial charge in [0.1, 0.15) is 5.82 Å². The minimum atomic E-state index is -0.232. The second-order valence-corrected chi connectivity index (χ2v) is 5.26. The van der Waals surface area contributed by atoms with Crippen molar-refractivity contribution in [2.24, 2.45) is 0 Å². The molecule has 1 saturated heterocycles. The molecule has 1 fully saturated rings. The molecule has 1 aliphatic rings. The van der Waals surface area contributed by atoms with Crippen LogP contribution in [0.15, 0.2) is 18.2 Å². The van der Waals surface area contributed by atoms with Gasteiger partial charge in [0.05, 0.1) is 11.8 Å². The fourth-order valence-corrected chi connectivity index (χ4v) is 2.72. The molecule has 0 spiro atoms. The minimum Gasteiger partial charge on any atom is -0.393 e. The summed E-state index contributed by atoms with van der Waals surface area (Å²) in [6, 6.07) is 6.25. The number of nitrogens with zero attached hydrogens (tertiary/aromatic N) is 2. The Morgan fingerprint density at radius 2 is 2.33 bits per heavy atom. The molecule has 0 aliphatic carbocycles. The number of hydrogen-bond donors (Lipinski definition) is 2. The third kappa shape index (κ3) is 3.68. The van der Waals surface area contributed by atoms with E-state index >= 15 is 0 Å². The van der Waals surface area contributed by atoms with Gasteiger partial charge in [-0.1, -0.05) is 12.5 Å². The van der Waals surface area contributed by atoms with Crippen LogP contribution >= 0.6 is 0 Å². The topological polar surface area (TPSA) is 62.4 Å². The van der Waals surface area contributed by atoms with E-state index in [0.717, 1.165) is 25.2 Å². The molecule has 1 aromatic rings. The molecule has 0 bridgehead atoms. The van der Waals surface area contributed by atoms with Gasteiger partial charge < -0.3 is 10.8 Å². The van der Waals surface area contributed by atoms with Crippen LogP contribution < -0.4 is 5.73 Å². The summed E-state index contributed by atoms with van der Waals surface area (Å²) in [5, 5.41) is 9.57. The Morgan fingerprint density at radius 1 is 1.50 bits per heavy atom. The second-order valence-electron chi connectivity index (χ2n) is 5.26. The Kier molecular flexibility index (Phi) is 4.55. The van der Waals surface area contributed by atoms with Crippen LogP contribution in [0.2, 0.25) is 0 Å². The summed E-state index contributed by atoms with van der Waals surface area (Å²) >= 11 is 0. The van der Waals surface area contributed by atoms with E-state index in [1.54, 1.807) is 0 Å². The lowest BCUT2D eigenvalue weighted by molar-refractivity contribution is 0.0809. The largest absolute Gasteiger partial charge is 0.393 e. The van der Waals surface area contributed by atoms with Gasteiger partial charge in [-0.05, 0) is 44.9 Å². The molecule has 2 unspecified atom stereocenters. The summed E-state index contributed by atoms with van der Waals surface area (Å²) in [7, 11) is 0. The average Bonchev–Trinajstić information content (AvgIpc) is 2.31. The number of aromatic nitrogens is 1. The number of hydrogen-bond acceptors (Lipinski definition) is 4. The Labute approximate surface area is 109 Å². The number of aliphatic hydroxyl groups is 1. The molecule has 3 N–H and O–H groups in total. The summed E-state index contributed by atoms with van der Waals surface area (Å²) < 4.78 is 0. The fraction of sp³-hybridized carbons (Fsp3) is 0.643. The number of rotatable bonds is 4. The highest BCUT2D eigenvalue weighted by molar-refractivity contribution is 5.28. The molecule has 1 aromatic heterocycles. The molecule has 4 nitrogen and oxygen atoms in total. The Morgan fingerprint density at radius 3 is 3.06 bits per heavy atom. The van der Waals surface area contributed by atoms with Gasteiger partial charge in [0, 0.05) is 12.6 Å². The van der Waals surface area contributed by atoms with Gasteiger partial charge in [-0.25, -0.2) is 4.98 Å². The lowest BCUT2D eigenvalue weighted by atomic mass is 9.97. The highest BCUT2D eigenvalue weighted by Gasteiger charge is 2.23. The molecular weight excluding hydrogens is 226 g/mol. The van der Waals surface area contributed by atoms with Crippen molar-refractivity contribution in [1.29, 1.82) is 0 Å². The van der Waals surface area contributed by atoms with Crippen LogP contribution in [0, 0.1) is 0 Å². The van der Waals surface area contributed by atoms with E-state index in [2.05, 4.69) is 9.88 Å². The zero-order valence-corrected chi connectivity index (χ0v) is 11.0. The number of nitrogen functional groups attached to an aromatic ring is 1. The van der Waals surface area contributed by atoms with Crippen molar-refractivity contribution >= 4 is 5.82 Å². The monoisotopic (exact) mass is 249 g/mol. The van der Waals surface area contributed by atoms with Crippen LogP contribution in [-0.4, -0.2) is 33.7 Å². The molecule has 100 valence electrons. The van der Waals surface area contributed by atoms with Crippen molar-refractivity contribution < 1.29 is 5.11 Å². The lowest BCUT2D eigenvalue weighted by Crippen LogP contribution is -2.40. The number of likely N-dealkylation sites (tertiary alicyclic amines) is 1. The van der Waals surface area contributed by atoms with Gasteiger partial charge in [-0.3, -0.25) is 4.90 Å². The molecule has 0 saturated carbocycles. The molecular formula is C14H23N3O. The Bertz CT molecular complexity index is 381. The molecule has 18 heavy (non-hydrogen) atoms. The van der Waals surface area contributed by atoms with Crippen LogP contribution in [0.4, 0.5) is 5.82 Å². The van der Waals surface area contributed by atoms with E-state index in [1.807, 2.05) is 25.1 Å². The highest BCUT2D eigenvalue weighted by atomic mass is 16.3. The number of nitrogens with two attached hydrogens (primary N) is 1. The predicted molar refractivity (Wildman–Crippen MR) is 73.0 cm³/mol. The smallest absolute Gasteiger partial charge is 0.123 e. The van der Waals surface area contributed by atoms with E-state index < -0.39 is 0 Å². The zero-order chi connectivity index (χ0) is 13.0. The SMILES string of the molecule is CC(O)CC1CCCCN1Cc1cccc(N)n1. The van der Waals surface area contributed by atoms with Crippen molar-refractivity contribution in [3.05, 3.63) is 23.9 Å².